The number of rotatable bonds is 8. The van der Waals surface area contributed by atoms with Gasteiger partial charge in [0.15, 0.2) is 0 Å². The average Bonchev–Trinajstić information content (AvgIpc) is 2.98. The van der Waals surface area contributed by atoms with E-state index >= 15 is 0 Å². The van der Waals surface area contributed by atoms with E-state index in [0.29, 0.717) is 0 Å². The van der Waals surface area contributed by atoms with Gasteiger partial charge in [-0.15, -0.1) is 0 Å². The first-order chi connectivity index (χ1) is 10.3. The summed E-state index contributed by atoms with van der Waals surface area (Å²) >= 11 is 0. The largest absolute Gasteiger partial charge is 0.370 e. The van der Waals surface area contributed by atoms with Crippen LogP contribution in [0, 0.1) is 5.92 Å². The van der Waals surface area contributed by atoms with Crippen LogP contribution >= 0.6 is 0 Å². The standard InChI is InChI=1S/C16H29N5/c1-4-8-17-15-14(5-2)16(20-12-19-15)18-10-13-7-9-21(6-3)11-13/h12-13H,4-11H2,1-3H3,(H2,17,18,19,20). The van der Waals surface area contributed by atoms with E-state index in [4.69, 9.17) is 0 Å². The van der Waals surface area contributed by atoms with Crippen molar-refractivity contribution in [3.63, 3.8) is 0 Å². The predicted molar refractivity (Wildman–Crippen MR) is 88.9 cm³/mol. The minimum Gasteiger partial charge on any atom is -0.370 e. The Morgan fingerprint density at radius 2 is 1.95 bits per heavy atom. The third-order valence-corrected chi connectivity index (χ3v) is 4.22. The Morgan fingerprint density at radius 1 is 1.19 bits per heavy atom. The maximum atomic E-state index is 4.44. The zero-order valence-electron chi connectivity index (χ0n) is 13.7. The molecule has 1 aromatic heterocycles. The molecule has 0 aliphatic carbocycles. The van der Waals surface area contributed by atoms with Crippen molar-refractivity contribution in [2.24, 2.45) is 5.92 Å². The first-order valence-electron chi connectivity index (χ1n) is 8.32. The second kappa shape index (κ2) is 8.17. The first kappa shape index (κ1) is 16.0. The minimum atomic E-state index is 0.733. The Morgan fingerprint density at radius 3 is 2.57 bits per heavy atom. The minimum absolute atomic E-state index is 0.733. The zero-order chi connectivity index (χ0) is 15.1. The quantitative estimate of drug-likeness (QED) is 0.771. The second-order valence-corrected chi connectivity index (χ2v) is 5.76. The SMILES string of the molecule is CCCNc1ncnc(NCC2CCN(CC)C2)c1CC. The molecule has 2 N–H and O–H groups in total. The fourth-order valence-corrected chi connectivity index (χ4v) is 2.90. The highest BCUT2D eigenvalue weighted by Crippen LogP contribution is 2.22. The fourth-order valence-electron chi connectivity index (χ4n) is 2.90. The number of aromatic nitrogens is 2. The summed E-state index contributed by atoms with van der Waals surface area (Å²) in [5.74, 6) is 2.72. The summed E-state index contributed by atoms with van der Waals surface area (Å²) in [6, 6.07) is 0. The monoisotopic (exact) mass is 291 g/mol. The van der Waals surface area contributed by atoms with Gasteiger partial charge in [-0.25, -0.2) is 9.97 Å². The average molecular weight is 291 g/mol. The van der Waals surface area contributed by atoms with Gasteiger partial charge in [0.1, 0.15) is 18.0 Å². The number of hydrogen-bond acceptors (Lipinski definition) is 5. The highest BCUT2D eigenvalue weighted by atomic mass is 15.1. The Bertz CT molecular complexity index is 435. The lowest BCUT2D eigenvalue weighted by Gasteiger charge is -2.17. The summed E-state index contributed by atoms with van der Waals surface area (Å²) in [6.07, 6.45) is 4.99. The molecule has 0 bridgehead atoms. The number of anilines is 2. The Labute approximate surface area is 128 Å². The Hall–Kier alpha value is -1.36. The fraction of sp³-hybridized carbons (Fsp3) is 0.750. The van der Waals surface area contributed by atoms with Crippen LogP contribution in [0.4, 0.5) is 11.6 Å². The normalized spacial score (nSPS) is 18.9. The zero-order valence-corrected chi connectivity index (χ0v) is 13.7. The van der Waals surface area contributed by atoms with E-state index in [0.717, 1.165) is 50.0 Å². The third kappa shape index (κ3) is 4.30. The first-order valence-corrected chi connectivity index (χ1v) is 8.32. The molecule has 2 heterocycles. The van der Waals surface area contributed by atoms with Crippen LogP contribution in [-0.2, 0) is 6.42 Å². The molecule has 2 rings (SSSR count). The summed E-state index contributed by atoms with van der Waals surface area (Å²) in [6.45, 7) is 12.1. The van der Waals surface area contributed by atoms with Crippen LogP contribution in [-0.4, -0.2) is 47.6 Å². The molecule has 0 saturated carbocycles. The van der Waals surface area contributed by atoms with E-state index in [9.17, 15) is 0 Å². The van der Waals surface area contributed by atoms with Crippen molar-refractivity contribution < 1.29 is 0 Å². The number of likely N-dealkylation sites (tertiary alicyclic amines) is 1. The summed E-state index contributed by atoms with van der Waals surface area (Å²) in [4.78, 5) is 11.3. The number of nitrogens with zero attached hydrogens (tertiary/aromatic N) is 3. The van der Waals surface area contributed by atoms with Gasteiger partial charge in [-0.3, -0.25) is 0 Å². The summed E-state index contributed by atoms with van der Waals surface area (Å²) in [7, 11) is 0. The van der Waals surface area contributed by atoms with Crippen LogP contribution in [0.1, 0.15) is 39.2 Å². The molecule has 1 aliphatic heterocycles. The van der Waals surface area contributed by atoms with Gasteiger partial charge < -0.3 is 15.5 Å². The van der Waals surface area contributed by atoms with Crippen molar-refractivity contribution in [3.05, 3.63) is 11.9 Å². The molecule has 1 unspecified atom stereocenters. The molecular weight excluding hydrogens is 262 g/mol. The molecule has 0 radical (unpaired) electrons. The third-order valence-electron chi connectivity index (χ3n) is 4.22. The van der Waals surface area contributed by atoms with Gasteiger partial charge in [-0.05, 0) is 38.3 Å². The molecule has 1 aliphatic rings. The molecule has 0 spiro atoms. The van der Waals surface area contributed by atoms with E-state index in [1.807, 2.05) is 0 Å². The molecule has 118 valence electrons. The Balaban J connectivity index is 1.96. The molecule has 1 fully saturated rings. The highest BCUT2D eigenvalue weighted by Gasteiger charge is 2.21. The van der Waals surface area contributed by atoms with Crippen LogP contribution in [0.25, 0.3) is 0 Å². The van der Waals surface area contributed by atoms with E-state index < -0.39 is 0 Å². The topological polar surface area (TPSA) is 53.1 Å². The number of nitrogens with one attached hydrogen (secondary N) is 2. The van der Waals surface area contributed by atoms with E-state index in [1.165, 1.54) is 25.1 Å². The predicted octanol–water partition coefficient (Wildman–Crippen LogP) is 2.61. The lowest BCUT2D eigenvalue weighted by Crippen LogP contribution is -2.23. The molecule has 1 aromatic rings. The molecule has 21 heavy (non-hydrogen) atoms. The van der Waals surface area contributed by atoms with Crippen LogP contribution in [0.3, 0.4) is 0 Å². The molecule has 1 saturated heterocycles. The van der Waals surface area contributed by atoms with E-state index in [1.54, 1.807) is 6.33 Å². The van der Waals surface area contributed by atoms with Crippen LogP contribution < -0.4 is 10.6 Å². The van der Waals surface area contributed by atoms with Crippen LogP contribution in [0.2, 0.25) is 0 Å². The summed E-state index contributed by atoms with van der Waals surface area (Å²) < 4.78 is 0. The van der Waals surface area contributed by atoms with Crippen molar-refractivity contribution >= 4 is 11.6 Å². The van der Waals surface area contributed by atoms with Crippen LogP contribution in [0.5, 0.6) is 0 Å². The van der Waals surface area contributed by atoms with E-state index in [2.05, 4.69) is 46.3 Å². The lowest BCUT2D eigenvalue weighted by atomic mass is 10.1. The molecule has 0 aromatic carbocycles. The summed E-state index contributed by atoms with van der Waals surface area (Å²) in [5.41, 5.74) is 1.20. The van der Waals surface area contributed by atoms with Crippen molar-refractivity contribution in [3.8, 4) is 0 Å². The molecule has 1 atom stereocenters. The highest BCUT2D eigenvalue weighted by molar-refractivity contribution is 5.57. The van der Waals surface area contributed by atoms with Gasteiger partial charge in [0.05, 0.1) is 0 Å². The van der Waals surface area contributed by atoms with Gasteiger partial charge in [0, 0.05) is 25.2 Å². The van der Waals surface area contributed by atoms with Gasteiger partial charge >= 0.3 is 0 Å². The van der Waals surface area contributed by atoms with Crippen molar-refractivity contribution in [1.29, 1.82) is 0 Å². The van der Waals surface area contributed by atoms with E-state index in [-0.39, 0.29) is 0 Å². The van der Waals surface area contributed by atoms with Gasteiger partial charge in [0.25, 0.3) is 0 Å². The maximum absolute atomic E-state index is 4.44. The molecular formula is C16H29N5. The Kier molecular flexibility index (Phi) is 6.23. The smallest absolute Gasteiger partial charge is 0.134 e. The number of hydrogen-bond donors (Lipinski definition) is 2. The van der Waals surface area contributed by atoms with Gasteiger partial charge in [-0.1, -0.05) is 20.8 Å². The van der Waals surface area contributed by atoms with Crippen molar-refractivity contribution in [1.82, 2.24) is 14.9 Å². The lowest BCUT2D eigenvalue weighted by molar-refractivity contribution is 0.345. The summed E-state index contributed by atoms with van der Waals surface area (Å²) in [5, 5.41) is 6.95. The van der Waals surface area contributed by atoms with Gasteiger partial charge in [0.2, 0.25) is 0 Å². The van der Waals surface area contributed by atoms with Gasteiger partial charge in [-0.2, -0.15) is 0 Å². The maximum Gasteiger partial charge on any atom is 0.134 e. The van der Waals surface area contributed by atoms with Crippen molar-refractivity contribution in [2.75, 3.05) is 43.4 Å². The van der Waals surface area contributed by atoms with Crippen LogP contribution in [0.15, 0.2) is 6.33 Å². The van der Waals surface area contributed by atoms with Crippen molar-refractivity contribution in [2.45, 2.75) is 40.0 Å². The molecule has 0 amide bonds. The second-order valence-electron chi connectivity index (χ2n) is 5.76. The molecule has 5 heteroatoms. The molecule has 5 nitrogen and oxygen atoms in total.